The van der Waals surface area contributed by atoms with Crippen molar-refractivity contribution in [3.63, 3.8) is 0 Å². The molecule has 0 amide bonds. The molecule has 0 spiro atoms. The van der Waals surface area contributed by atoms with Crippen LogP contribution in [-0.2, 0) is 25.6 Å². The highest BCUT2D eigenvalue weighted by molar-refractivity contribution is 5.89. The van der Waals surface area contributed by atoms with Gasteiger partial charge < -0.3 is 9.47 Å². The molecule has 1 aromatic carbocycles. The summed E-state index contributed by atoms with van der Waals surface area (Å²) in [4.78, 5) is 27.3. The minimum absolute atomic E-state index is 0.00740. The minimum Gasteiger partial charge on any atom is -0.465 e. The Kier molecular flexibility index (Phi) is 8.76. The third-order valence-electron chi connectivity index (χ3n) is 4.03. The van der Waals surface area contributed by atoms with Gasteiger partial charge in [-0.3, -0.25) is 9.79 Å². The molecule has 29 heavy (non-hydrogen) atoms. The quantitative estimate of drug-likeness (QED) is 0.371. The predicted octanol–water partition coefficient (Wildman–Crippen LogP) is 3.22. The fraction of sp³-hybridized carbons (Fsp3) is 0.304. The fourth-order valence-electron chi connectivity index (χ4n) is 2.73. The molecule has 0 bridgehead atoms. The first-order valence-electron chi connectivity index (χ1n) is 9.64. The van der Waals surface area contributed by atoms with Gasteiger partial charge in [0.15, 0.2) is 12.4 Å². The van der Waals surface area contributed by atoms with Gasteiger partial charge in [-0.05, 0) is 43.5 Å². The Morgan fingerprint density at radius 2 is 1.66 bits per heavy atom. The van der Waals surface area contributed by atoms with Crippen LogP contribution >= 0.6 is 0 Å². The summed E-state index contributed by atoms with van der Waals surface area (Å²) in [5.74, 6) is -0.609. The normalized spacial score (nSPS) is 11.1. The largest absolute Gasteiger partial charge is 0.465 e. The van der Waals surface area contributed by atoms with Gasteiger partial charge >= 0.3 is 11.9 Å². The van der Waals surface area contributed by atoms with E-state index >= 15 is 0 Å². The maximum absolute atomic E-state index is 11.6. The summed E-state index contributed by atoms with van der Waals surface area (Å²) in [6.07, 6.45) is 9.34. The van der Waals surface area contributed by atoms with E-state index in [0.29, 0.717) is 13.2 Å². The molecule has 0 aliphatic rings. The summed E-state index contributed by atoms with van der Waals surface area (Å²) in [6.45, 7) is 6.40. The lowest BCUT2D eigenvalue weighted by Crippen LogP contribution is -2.37. The van der Waals surface area contributed by atoms with E-state index < -0.39 is 0 Å². The number of hydrogen-bond acceptors (Lipinski definition) is 5. The van der Waals surface area contributed by atoms with Crippen LogP contribution in [-0.4, -0.2) is 37.9 Å². The third kappa shape index (κ3) is 6.99. The Morgan fingerprint density at radius 3 is 2.31 bits per heavy atom. The molecule has 0 aliphatic carbocycles. The number of allylic oxidation sites excluding steroid dienone is 1. The summed E-state index contributed by atoms with van der Waals surface area (Å²) in [7, 11) is 0. The van der Waals surface area contributed by atoms with Crippen LogP contribution in [0.2, 0.25) is 0 Å². The lowest BCUT2D eigenvalue weighted by Gasteiger charge is -2.06. The average Bonchev–Trinajstić information content (AvgIpc) is 2.70. The number of nitrogens with zero attached hydrogens (tertiary/aromatic N) is 2. The Morgan fingerprint density at radius 1 is 0.966 bits per heavy atom. The zero-order valence-electron chi connectivity index (χ0n) is 17.1. The van der Waals surface area contributed by atoms with E-state index in [9.17, 15) is 9.59 Å². The number of hydrogen-bond donors (Lipinski definition) is 0. The van der Waals surface area contributed by atoms with Gasteiger partial charge in [-0.1, -0.05) is 24.3 Å². The van der Waals surface area contributed by atoms with E-state index in [1.807, 2.05) is 61.8 Å². The Labute approximate surface area is 171 Å². The second-order valence-corrected chi connectivity index (χ2v) is 6.18. The fourth-order valence-corrected chi connectivity index (χ4v) is 2.73. The molecule has 2 aromatic rings. The van der Waals surface area contributed by atoms with E-state index in [1.165, 1.54) is 0 Å². The van der Waals surface area contributed by atoms with Crippen molar-refractivity contribution in [1.29, 1.82) is 0 Å². The van der Waals surface area contributed by atoms with Crippen LogP contribution in [0.3, 0.4) is 0 Å². The first-order chi connectivity index (χ1) is 14.1. The van der Waals surface area contributed by atoms with E-state index in [0.717, 1.165) is 22.3 Å². The number of aromatic nitrogens is 1. The molecule has 0 N–H and O–H groups in total. The number of rotatable bonds is 9. The highest BCUT2D eigenvalue weighted by Crippen LogP contribution is 2.22. The van der Waals surface area contributed by atoms with Gasteiger partial charge in [0.05, 0.1) is 13.2 Å². The van der Waals surface area contributed by atoms with Crippen LogP contribution in [0.4, 0.5) is 0 Å². The van der Waals surface area contributed by atoms with Crippen LogP contribution in [0.5, 0.6) is 0 Å². The van der Waals surface area contributed by atoms with Crippen molar-refractivity contribution in [3.05, 3.63) is 59.9 Å². The molecule has 0 radical (unpaired) electrons. The molecule has 0 fully saturated rings. The third-order valence-corrected chi connectivity index (χ3v) is 4.03. The Balaban J connectivity index is 2.21. The van der Waals surface area contributed by atoms with Crippen LogP contribution in [0, 0.1) is 0 Å². The smallest absolute Gasteiger partial charge is 0.372 e. The van der Waals surface area contributed by atoms with Crippen molar-refractivity contribution >= 4 is 24.2 Å². The summed E-state index contributed by atoms with van der Waals surface area (Å²) >= 11 is 0. The number of pyridine rings is 1. The van der Waals surface area contributed by atoms with Crippen LogP contribution in [0.1, 0.15) is 31.9 Å². The van der Waals surface area contributed by atoms with E-state index in [-0.39, 0.29) is 25.0 Å². The zero-order chi connectivity index (χ0) is 21.1. The van der Waals surface area contributed by atoms with Gasteiger partial charge in [-0.2, -0.15) is 4.57 Å². The highest BCUT2D eigenvalue weighted by Gasteiger charge is 2.10. The van der Waals surface area contributed by atoms with Crippen molar-refractivity contribution in [1.82, 2.24) is 0 Å². The first kappa shape index (κ1) is 22.0. The van der Waals surface area contributed by atoms with Crippen LogP contribution < -0.4 is 4.57 Å². The Bertz CT molecular complexity index is 886. The molecule has 0 saturated carbocycles. The molecule has 6 heteroatoms. The zero-order valence-corrected chi connectivity index (χ0v) is 17.1. The highest BCUT2D eigenvalue weighted by atomic mass is 16.5. The average molecular weight is 395 g/mol. The van der Waals surface area contributed by atoms with Gasteiger partial charge in [-0.15, -0.1) is 0 Å². The van der Waals surface area contributed by atoms with E-state index in [1.54, 1.807) is 24.6 Å². The molecule has 152 valence electrons. The second-order valence-electron chi connectivity index (χ2n) is 6.18. The predicted molar refractivity (Wildman–Crippen MR) is 113 cm³/mol. The lowest BCUT2D eigenvalue weighted by atomic mass is 10.00. The van der Waals surface area contributed by atoms with Crippen molar-refractivity contribution in [2.75, 3.05) is 19.8 Å². The minimum atomic E-state index is -0.346. The molecule has 0 atom stereocenters. The van der Waals surface area contributed by atoms with Gasteiger partial charge in [0, 0.05) is 23.9 Å². The number of ether oxygens (including phenoxy) is 2. The van der Waals surface area contributed by atoms with Gasteiger partial charge in [0.2, 0.25) is 6.54 Å². The number of esters is 2. The van der Waals surface area contributed by atoms with Crippen molar-refractivity contribution in [2.45, 2.75) is 27.3 Å². The molecule has 0 aliphatic heterocycles. The molecular formula is C23H27N2O4+. The standard InChI is InChI=1S/C23H27N2O4/c1-4-7-18-8-9-20(14-21(18)15-24-16-22(26)28-5-2)19-10-12-25(13-11-19)17-23(27)29-6-3/h4,7-15H,5-6,16-17H2,1-3H3/q+1/b7-4-,24-15+. The maximum atomic E-state index is 11.6. The maximum Gasteiger partial charge on any atom is 0.372 e. The molecule has 2 rings (SSSR count). The summed E-state index contributed by atoms with van der Waals surface area (Å²) in [5, 5.41) is 0. The van der Waals surface area contributed by atoms with Crippen molar-refractivity contribution in [2.24, 2.45) is 4.99 Å². The molecule has 6 nitrogen and oxygen atoms in total. The molecule has 1 heterocycles. The Hall–Kier alpha value is -3.28. The van der Waals surface area contributed by atoms with Gasteiger partial charge in [0.25, 0.3) is 0 Å². The van der Waals surface area contributed by atoms with Gasteiger partial charge in [-0.25, -0.2) is 4.79 Å². The van der Waals surface area contributed by atoms with Crippen molar-refractivity contribution in [3.8, 4) is 11.1 Å². The number of benzene rings is 1. The summed E-state index contributed by atoms with van der Waals surface area (Å²) in [6, 6.07) is 9.96. The number of carbonyl (C=O) groups excluding carboxylic acids is 2. The number of aliphatic imine (C=N–C) groups is 1. The second kappa shape index (κ2) is 11.5. The van der Waals surface area contributed by atoms with Crippen molar-refractivity contribution < 1.29 is 23.6 Å². The molecule has 0 unspecified atom stereocenters. The molecule has 0 saturated heterocycles. The van der Waals surface area contributed by atoms with Crippen LogP contribution in [0.15, 0.2) is 53.8 Å². The van der Waals surface area contributed by atoms with E-state index in [2.05, 4.69) is 4.99 Å². The van der Waals surface area contributed by atoms with E-state index in [4.69, 9.17) is 9.47 Å². The molecular weight excluding hydrogens is 368 g/mol. The summed E-state index contributed by atoms with van der Waals surface area (Å²) in [5.41, 5.74) is 3.95. The lowest BCUT2D eigenvalue weighted by molar-refractivity contribution is -0.685. The SMILES string of the molecule is C/C=C\c1ccc(-c2cc[n+](CC(=O)OCC)cc2)cc1/C=N/CC(=O)OCC. The van der Waals surface area contributed by atoms with Crippen LogP contribution in [0.25, 0.3) is 17.2 Å². The molecule has 1 aromatic heterocycles. The monoisotopic (exact) mass is 395 g/mol. The topological polar surface area (TPSA) is 68.8 Å². The first-order valence-corrected chi connectivity index (χ1v) is 9.64. The van der Waals surface area contributed by atoms with Gasteiger partial charge in [0.1, 0.15) is 6.54 Å². The number of carbonyl (C=O) groups is 2. The summed E-state index contributed by atoms with van der Waals surface area (Å²) < 4.78 is 11.6.